The summed E-state index contributed by atoms with van der Waals surface area (Å²) in [6.45, 7) is 13.4. The van der Waals surface area contributed by atoms with Gasteiger partial charge < -0.3 is 27.0 Å². The molecule has 1 aliphatic rings. The molecule has 0 bridgehead atoms. The number of hydrogen-bond donors (Lipinski definition) is 5. The summed E-state index contributed by atoms with van der Waals surface area (Å²) >= 11 is 0. The summed E-state index contributed by atoms with van der Waals surface area (Å²) < 4.78 is 38.6. The maximum absolute atomic E-state index is 13.2. The van der Waals surface area contributed by atoms with Gasteiger partial charge >= 0.3 is 12.1 Å². The van der Waals surface area contributed by atoms with Crippen molar-refractivity contribution in [1.29, 1.82) is 0 Å². The fourth-order valence-electron chi connectivity index (χ4n) is 4.15. The SMILES string of the molecule is CC(C)(C)CC(NC(=O)C(NC(=O)C(F)(F)F)C(C)(C)C)C(=O)NC(CC1CC(C)(C)NC1=O)C(N)=O. The van der Waals surface area contributed by atoms with Crippen LogP contribution in [0.15, 0.2) is 0 Å². The largest absolute Gasteiger partial charge is 0.471 e. The van der Waals surface area contributed by atoms with Gasteiger partial charge in [0.1, 0.15) is 18.1 Å². The molecule has 0 aromatic rings. The third-order valence-corrected chi connectivity index (χ3v) is 5.88. The summed E-state index contributed by atoms with van der Waals surface area (Å²) in [5, 5.41) is 9.41. The van der Waals surface area contributed by atoms with Gasteiger partial charge in [0.05, 0.1) is 0 Å². The quantitative estimate of drug-likeness (QED) is 0.300. The molecule has 37 heavy (non-hydrogen) atoms. The van der Waals surface area contributed by atoms with E-state index in [0.29, 0.717) is 6.42 Å². The monoisotopic (exact) mass is 535 g/mol. The minimum Gasteiger partial charge on any atom is -0.368 e. The van der Waals surface area contributed by atoms with Crippen molar-refractivity contribution in [1.82, 2.24) is 21.3 Å². The van der Waals surface area contributed by atoms with E-state index >= 15 is 0 Å². The molecule has 0 aromatic heterocycles. The van der Waals surface area contributed by atoms with E-state index < -0.39 is 70.2 Å². The molecule has 4 unspecified atom stereocenters. The van der Waals surface area contributed by atoms with Crippen LogP contribution in [0.4, 0.5) is 13.2 Å². The van der Waals surface area contributed by atoms with Crippen molar-refractivity contribution >= 4 is 29.5 Å². The molecule has 0 radical (unpaired) electrons. The van der Waals surface area contributed by atoms with E-state index in [2.05, 4.69) is 16.0 Å². The van der Waals surface area contributed by atoms with E-state index in [4.69, 9.17) is 5.73 Å². The second kappa shape index (κ2) is 11.3. The van der Waals surface area contributed by atoms with Crippen LogP contribution in [0.25, 0.3) is 0 Å². The van der Waals surface area contributed by atoms with Crippen molar-refractivity contribution in [2.75, 3.05) is 0 Å². The number of nitrogens with two attached hydrogens (primary N) is 1. The van der Waals surface area contributed by atoms with Crippen molar-refractivity contribution in [2.24, 2.45) is 22.5 Å². The molecule has 0 aromatic carbocycles. The predicted octanol–water partition coefficient (Wildman–Crippen LogP) is 1.28. The number of nitrogens with one attached hydrogen (secondary N) is 4. The number of rotatable bonds is 9. The number of halogens is 3. The van der Waals surface area contributed by atoms with Gasteiger partial charge in [0, 0.05) is 11.5 Å². The molecule has 10 nitrogen and oxygen atoms in total. The Morgan fingerprint density at radius 1 is 0.973 bits per heavy atom. The highest BCUT2D eigenvalue weighted by Gasteiger charge is 2.44. The Hall–Kier alpha value is -2.86. The van der Waals surface area contributed by atoms with Crippen molar-refractivity contribution in [3.8, 4) is 0 Å². The Balaban J connectivity index is 3.14. The minimum atomic E-state index is -5.21. The topological polar surface area (TPSA) is 159 Å². The van der Waals surface area contributed by atoms with Gasteiger partial charge in [-0.3, -0.25) is 24.0 Å². The van der Waals surface area contributed by atoms with E-state index in [9.17, 15) is 37.1 Å². The molecule has 5 amide bonds. The second-order valence-electron chi connectivity index (χ2n) is 12.6. The number of amides is 5. The molecule has 1 saturated heterocycles. The Morgan fingerprint density at radius 3 is 1.86 bits per heavy atom. The smallest absolute Gasteiger partial charge is 0.368 e. The van der Waals surface area contributed by atoms with Crippen molar-refractivity contribution in [3.63, 3.8) is 0 Å². The second-order valence-corrected chi connectivity index (χ2v) is 12.6. The maximum atomic E-state index is 13.2. The lowest BCUT2D eigenvalue weighted by Gasteiger charge is -2.33. The Kier molecular flexibility index (Phi) is 9.79. The zero-order valence-electron chi connectivity index (χ0n) is 22.7. The summed E-state index contributed by atoms with van der Waals surface area (Å²) in [5.74, 6) is -5.81. The average Bonchev–Trinajstić information content (AvgIpc) is 2.92. The molecule has 13 heteroatoms. The Bertz CT molecular complexity index is 906. The molecule has 1 heterocycles. The zero-order valence-corrected chi connectivity index (χ0v) is 22.7. The van der Waals surface area contributed by atoms with Crippen LogP contribution in [-0.2, 0) is 24.0 Å². The highest BCUT2D eigenvalue weighted by atomic mass is 19.4. The number of carbonyl (C=O) groups is 5. The van der Waals surface area contributed by atoms with Gasteiger partial charge in [0.15, 0.2) is 0 Å². The van der Waals surface area contributed by atoms with Crippen LogP contribution < -0.4 is 27.0 Å². The number of hydrogen-bond acceptors (Lipinski definition) is 5. The summed E-state index contributed by atoms with van der Waals surface area (Å²) in [6.07, 6.45) is -4.79. The first-order valence-corrected chi connectivity index (χ1v) is 12.0. The van der Waals surface area contributed by atoms with Crippen LogP contribution >= 0.6 is 0 Å². The van der Waals surface area contributed by atoms with Crippen molar-refractivity contribution < 1.29 is 37.1 Å². The predicted molar refractivity (Wildman–Crippen MR) is 130 cm³/mol. The van der Waals surface area contributed by atoms with Crippen LogP contribution in [0, 0.1) is 16.7 Å². The van der Waals surface area contributed by atoms with Gasteiger partial charge in [0.2, 0.25) is 23.6 Å². The van der Waals surface area contributed by atoms with Crippen molar-refractivity contribution in [2.45, 2.75) is 104 Å². The molecule has 4 atom stereocenters. The van der Waals surface area contributed by atoms with E-state index in [1.807, 2.05) is 13.8 Å². The molecule has 1 aliphatic heterocycles. The maximum Gasteiger partial charge on any atom is 0.471 e. The van der Waals surface area contributed by atoms with Gasteiger partial charge in [-0.05, 0) is 43.9 Å². The van der Waals surface area contributed by atoms with Crippen LogP contribution in [0.2, 0.25) is 0 Å². The standard InChI is InChI=1S/C24H40F3N5O5/c1-21(2,3)11-14(30-19(36)15(22(4,5)6)31-20(37)24(25,26)27)18(35)29-13(16(28)33)9-12-10-23(7,8)32-17(12)34/h12-15H,9-11H2,1-8H3,(H2,28,33)(H,29,35)(H,30,36)(H,31,37)(H,32,34). The van der Waals surface area contributed by atoms with Gasteiger partial charge in [-0.2, -0.15) is 13.2 Å². The van der Waals surface area contributed by atoms with Crippen LogP contribution in [0.5, 0.6) is 0 Å². The molecule has 1 rings (SSSR count). The number of carbonyl (C=O) groups excluding carboxylic acids is 5. The molecule has 212 valence electrons. The van der Waals surface area contributed by atoms with E-state index in [1.54, 1.807) is 26.1 Å². The Morgan fingerprint density at radius 2 is 1.49 bits per heavy atom. The third-order valence-electron chi connectivity index (χ3n) is 5.88. The molecule has 0 aliphatic carbocycles. The Labute approximate surface area is 215 Å². The van der Waals surface area contributed by atoms with Gasteiger partial charge in [-0.1, -0.05) is 41.5 Å². The minimum absolute atomic E-state index is 0.0527. The van der Waals surface area contributed by atoms with Gasteiger partial charge in [0.25, 0.3) is 0 Å². The number of alkyl halides is 3. The van der Waals surface area contributed by atoms with Crippen LogP contribution in [0.1, 0.15) is 74.7 Å². The third kappa shape index (κ3) is 10.2. The lowest BCUT2D eigenvalue weighted by molar-refractivity contribution is -0.175. The summed E-state index contributed by atoms with van der Waals surface area (Å²) in [5.41, 5.74) is 3.33. The van der Waals surface area contributed by atoms with Crippen LogP contribution in [-0.4, -0.2) is 59.4 Å². The average molecular weight is 536 g/mol. The summed E-state index contributed by atoms with van der Waals surface area (Å²) in [6, 6.07) is -4.11. The zero-order chi connectivity index (χ0) is 29.1. The summed E-state index contributed by atoms with van der Waals surface area (Å²) in [7, 11) is 0. The van der Waals surface area contributed by atoms with E-state index in [-0.39, 0.29) is 18.7 Å². The first-order valence-electron chi connectivity index (χ1n) is 12.0. The molecule has 0 saturated carbocycles. The highest BCUT2D eigenvalue weighted by Crippen LogP contribution is 2.28. The fraction of sp³-hybridized carbons (Fsp3) is 0.792. The molecule has 0 spiro atoms. The van der Waals surface area contributed by atoms with Gasteiger partial charge in [-0.25, -0.2) is 0 Å². The first kappa shape index (κ1) is 32.2. The first-order chi connectivity index (χ1) is 16.4. The lowest BCUT2D eigenvalue weighted by atomic mass is 9.84. The normalized spacial score (nSPS) is 20.3. The molecular weight excluding hydrogens is 495 g/mol. The lowest BCUT2D eigenvalue weighted by Crippen LogP contribution is -2.60. The van der Waals surface area contributed by atoms with Crippen molar-refractivity contribution in [3.05, 3.63) is 0 Å². The van der Waals surface area contributed by atoms with E-state index in [1.165, 1.54) is 20.8 Å². The molecule has 1 fully saturated rings. The van der Waals surface area contributed by atoms with Gasteiger partial charge in [-0.15, -0.1) is 0 Å². The fourth-order valence-corrected chi connectivity index (χ4v) is 4.15. The molecular formula is C24H40F3N5O5. The molecule has 6 N–H and O–H groups in total. The highest BCUT2D eigenvalue weighted by molar-refractivity contribution is 5.95. The number of primary amides is 1. The van der Waals surface area contributed by atoms with Crippen LogP contribution in [0.3, 0.4) is 0 Å². The summed E-state index contributed by atoms with van der Waals surface area (Å²) in [4.78, 5) is 62.2. The van der Waals surface area contributed by atoms with E-state index in [0.717, 1.165) is 0 Å².